The number of anilines is 1. The number of nitrogens with one attached hydrogen (secondary N) is 1. The minimum absolute atomic E-state index is 0.644. The number of rotatable bonds is 4. The van der Waals surface area contributed by atoms with Crippen LogP contribution in [0.1, 0.15) is 11.3 Å². The zero-order chi connectivity index (χ0) is 11.4. The Morgan fingerprint density at radius 1 is 1.62 bits per heavy atom. The first-order chi connectivity index (χ1) is 7.81. The smallest absolute Gasteiger partial charge is 0.127 e. The lowest BCUT2D eigenvalue weighted by atomic mass is 10.3. The zero-order valence-electron chi connectivity index (χ0n) is 8.84. The number of aromatic nitrogens is 3. The molecule has 0 aliphatic heterocycles. The van der Waals surface area contributed by atoms with Crippen molar-refractivity contribution in [2.24, 2.45) is 0 Å². The van der Waals surface area contributed by atoms with Gasteiger partial charge < -0.3 is 5.32 Å². The summed E-state index contributed by atoms with van der Waals surface area (Å²) in [6.45, 7) is 3.35. The van der Waals surface area contributed by atoms with E-state index in [0.717, 1.165) is 23.8 Å². The molecule has 2 aromatic heterocycles. The molecule has 0 amide bonds. The monoisotopic (exact) mass is 233 g/mol. The highest BCUT2D eigenvalue weighted by Crippen LogP contribution is 2.22. The van der Waals surface area contributed by atoms with Gasteiger partial charge in [-0.2, -0.15) is 14.7 Å². The van der Waals surface area contributed by atoms with Gasteiger partial charge in [0.1, 0.15) is 16.6 Å². The topological polar surface area (TPSA) is 66.5 Å². The van der Waals surface area contributed by atoms with Crippen molar-refractivity contribution in [3.8, 4) is 6.07 Å². The normalized spacial score (nSPS) is 10.0. The Hall–Kier alpha value is -1.87. The van der Waals surface area contributed by atoms with Crippen LogP contribution in [0.5, 0.6) is 0 Å². The van der Waals surface area contributed by atoms with Crippen LogP contribution in [0.15, 0.2) is 18.5 Å². The summed E-state index contributed by atoms with van der Waals surface area (Å²) in [5, 5.41) is 17.1. The van der Waals surface area contributed by atoms with Crippen molar-refractivity contribution in [1.82, 2.24) is 14.2 Å². The van der Waals surface area contributed by atoms with Crippen LogP contribution in [0.3, 0.4) is 0 Å². The molecule has 2 heterocycles. The van der Waals surface area contributed by atoms with Crippen LogP contribution in [0.2, 0.25) is 0 Å². The van der Waals surface area contributed by atoms with Crippen molar-refractivity contribution < 1.29 is 0 Å². The van der Waals surface area contributed by atoms with Gasteiger partial charge >= 0.3 is 0 Å². The van der Waals surface area contributed by atoms with E-state index in [1.807, 2.05) is 23.9 Å². The van der Waals surface area contributed by atoms with Crippen molar-refractivity contribution in [3.05, 3.63) is 29.7 Å². The summed E-state index contributed by atoms with van der Waals surface area (Å²) < 4.78 is 5.98. The quantitative estimate of drug-likeness (QED) is 0.871. The Morgan fingerprint density at radius 2 is 2.50 bits per heavy atom. The van der Waals surface area contributed by atoms with E-state index in [9.17, 15) is 0 Å². The third-order valence-electron chi connectivity index (χ3n) is 2.16. The van der Waals surface area contributed by atoms with E-state index in [0.29, 0.717) is 5.56 Å². The van der Waals surface area contributed by atoms with E-state index in [2.05, 4.69) is 20.9 Å². The van der Waals surface area contributed by atoms with Gasteiger partial charge in [0.2, 0.25) is 0 Å². The number of nitriles is 1. The van der Waals surface area contributed by atoms with E-state index in [4.69, 9.17) is 5.26 Å². The van der Waals surface area contributed by atoms with Crippen molar-refractivity contribution in [1.29, 1.82) is 5.26 Å². The second-order valence-corrected chi connectivity index (χ2v) is 4.05. The fourth-order valence-electron chi connectivity index (χ4n) is 1.34. The molecule has 0 aliphatic carbocycles. The van der Waals surface area contributed by atoms with Gasteiger partial charge in [0.15, 0.2) is 0 Å². The predicted octanol–water partition coefficient (Wildman–Crippen LogP) is 1.63. The van der Waals surface area contributed by atoms with Crippen LogP contribution in [-0.4, -0.2) is 20.7 Å². The number of nitrogens with zero attached hydrogens (tertiary/aromatic N) is 4. The maximum absolute atomic E-state index is 8.93. The van der Waals surface area contributed by atoms with Crippen LogP contribution >= 0.6 is 11.5 Å². The molecular formula is C10H11N5S. The van der Waals surface area contributed by atoms with Gasteiger partial charge in [-0.05, 0) is 24.5 Å². The largest absolute Gasteiger partial charge is 0.373 e. The van der Waals surface area contributed by atoms with Crippen molar-refractivity contribution in [3.63, 3.8) is 0 Å². The zero-order valence-corrected chi connectivity index (χ0v) is 9.66. The van der Waals surface area contributed by atoms with Gasteiger partial charge in [0.25, 0.3) is 0 Å². The fraction of sp³-hybridized carbons (Fsp3) is 0.300. The first kappa shape index (κ1) is 10.6. The molecule has 0 saturated carbocycles. The van der Waals surface area contributed by atoms with Crippen LogP contribution in [-0.2, 0) is 6.54 Å². The fourth-order valence-corrected chi connectivity index (χ4v) is 2.11. The summed E-state index contributed by atoms with van der Waals surface area (Å²) in [5.41, 5.74) is 1.43. The maximum Gasteiger partial charge on any atom is 0.127 e. The van der Waals surface area contributed by atoms with Gasteiger partial charge in [-0.25, -0.2) is 0 Å². The Labute approximate surface area is 97.5 Å². The highest BCUT2D eigenvalue weighted by molar-refractivity contribution is 7.10. The molecule has 0 fully saturated rings. The van der Waals surface area contributed by atoms with E-state index < -0.39 is 0 Å². The second kappa shape index (κ2) is 4.77. The summed E-state index contributed by atoms with van der Waals surface area (Å²) in [6.07, 6.45) is 3.66. The average molecular weight is 233 g/mol. The first-order valence-corrected chi connectivity index (χ1v) is 5.66. The highest BCUT2D eigenvalue weighted by atomic mass is 32.1. The van der Waals surface area contributed by atoms with Gasteiger partial charge in [-0.3, -0.25) is 4.68 Å². The van der Waals surface area contributed by atoms with Crippen molar-refractivity contribution in [2.75, 3.05) is 11.9 Å². The van der Waals surface area contributed by atoms with Crippen LogP contribution < -0.4 is 5.32 Å². The number of hydrogen-bond donors (Lipinski definition) is 1. The lowest BCUT2D eigenvalue weighted by Crippen LogP contribution is -2.10. The van der Waals surface area contributed by atoms with Crippen molar-refractivity contribution in [2.45, 2.75) is 13.5 Å². The lowest BCUT2D eigenvalue weighted by molar-refractivity contribution is 0.638. The molecule has 16 heavy (non-hydrogen) atoms. The Kier molecular flexibility index (Phi) is 3.17. The molecule has 0 unspecified atom stereocenters. The average Bonchev–Trinajstić information content (AvgIpc) is 2.89. The van der Waals surface area contributed by atoms with E-state index in [-0.39, 0.29) is 0 Å². The summed E-state index contributed by atoms with van der Waals surface area (Å²) in [7, 11) is 0. The van der Waals surface area contributed by atoms with Crippen LogP contribution in [0.25, 0.3) is 0 Å². The first-order valence-electron chi connectivity index (χ1n) is 4.89. The SMILES string of the molecule is Cc1nsc(NCCn2cccn2)c1C#N. The summed E-state index contributed by atoms with van der Waals surface area (Å²) in [5.74, 6) is 0. The minimum atomic E-state index is 0.644. The van der Waals surface area contributed by atoms with Crippen LogP contribution in [0, 0.1) is 18.3 Å². The predicted molar refractivity (Wildman–Crippen MR) is 62.3 cm³/mol. The summed E-state index contributed by atoms with van der Waals surface area (Å²) in [4.78, 5) is 0. The maximum atomic E-state index is 8.93. The molecule has 1 N–H and O–H groups in total. The van der Waals surface area contributed by atoms with Gasteiger partial charge in [-0.1, -0.05) is 0 Å². The molecule has 82 valence electrons. The molecule has 0 saturated heterocycles. The third kappa shape index (κ3) is 2.20. The van der Waals surface area contributed by atoms with Crippen molar-refractivity contribution >= 4 is 16.5 Å². The molecule has 0 bridgehead atoms. The Morgan fingerprint density at radius 3 is 3.19 bits per heavy atom. The molecule has 0 radical (unpaired) electrons. The summed E-state index contributed by atoms with van der Waals surface area (Å²) in [6, 6.07) is 4.04. The Balaban J connectivity index is 1.93. The van der Waals surface area contributed by atoms with E-state index >= 15 is 0 Å². The molecule has 5 nitrogen and oxygen atoms in total. The van der Waals surface area contributed by atoms with Gasteiger partial charge in [0, 0.05) is 18.9 Å². The highest BCUT2D eigenvalue weighted by Gasteiger charge is 2.08. The van der Waals surface area contributed by atoms with Crippen LogP contribution in [0.4, 0.5) is 5.00 Å². The third-order valence-corrected chi connectivity index (χ3v) is 3.06. The molecule has 0 aromatic carbocycles. The summed E-state index contributed by atoms with van der Waals surface area (Å²) >= 11 is 1.32. The molecule has 2 rings (SSSR count). The standard InChI is InChI=1S/C10H11N5S/c1-8-9(7-11)10(16-14-8)12-4-6-15-5-2-3-13-15/h2-3,5,12H,4,6H2,1H3. The van der Waals surface area contributed by atoms with Gasteiger partial charge in [-0.15, -0.1) is 0 Å². The number of hydrogen-bond acceptors (Lipinski definition) is 5. The molecule has 0 atom stereocenters. The van der Waals surface area contributed by atoms with E-state index in [1.165, 1.54) is 11.5 Å². The Bertz CT molecular complexity index is 494. The minimum Gasteiger partial charge on any atom is -0.373 e. The van der Waals surface area contributed by atoms with Gasteiger partial charge in [0.05, 0.1) is 12.2 Å². The molecule has 2 aromatic rings. The molecule has 0 aliphatic rings. The lowest BCUT2D eigenvalue weighted by Gasteiger charge is -2.03. The molecule has 0 spiro atoms. The van der Waals surface area contributed by atoms with E-state index in [1.54, 1.807) is 6.20 Å². The number of aryl methyl sites for hydroxylation is 1. The molecule has 6 heteroatoms. The molecular weight excluding hydrogens is 222 g/mol. The second-order valence-electron chi connectivity index (χ2n) is 3.28.